The summed E-state index contributed by atoms with van der Waals surface area (Å²) in [7, 11) is 1.47. The van der Waals surface area contributed by atoms with Crippen LogP contribution in [-0.4, -0.2) is 30.1 Å². The van der Waals surface area contributed by atoms with Gasteiger partial charge in [-0.05, 0) is 18.6 Å². The van der Waals surface area contributed by atoms with Crippen molar-refractivity contribution in [2.24, 2.45) is 0 Å². The molecule has 0 fully saturated rings. The number of aliphatic carboxylic acids is 1. The van der Waals surface area contributed by atoms with Crippen LogP contribution in [-0.2, 0) is 9.59 Å². The van der Waals surface area contributed by atoms with Gasteiger partial charge < -0.3 is 15.2 Å². The Bertz CT molecular complexity index is 501. The number of para-hydroxylation sites is 2. The Labute approximate surface area is 115 Å². The zero-order valence-electron chi connectivity index (χ0n) is 11.0. The van der Waals surface area contributed by atoms with E-state index in [9.17, 15) is 14.4 Å². The number of urea groups is 1. The van der Waals surface area contributed by atoms with Crippen LogP contribution in [0.5, 0.6) is 5.75 Å². The number of hydrogen-bond acceptors (Lipinski definition) is 4. The maximum atomic E-state index is 11.6. The minimum Gasteiger partial charge on any atom is -0.495 e. The van der Waals surface area contributed by atoms with E-state index in [1.165, 1.54) is 7.11 Å². The average molecular weight is 280 g/mol. The number of anilines is 1. The van der Waals surface area contributed by atoms with Crippen LogP contribution in [0.1, 0.15) is 19.3 Å². The lowest BCUT2D eigenvalue weighted by atomic mass is 10.2. The van der Waals surface area contributed by atoms with Crippen LogP contribution >= 0.6 is 0 Å². The highest BCUT2D eigenvalue weighted by molar-refractivity contribution is 6.01. The molecule has 0 aliphatic heterocycles. The molecule has 20 heavy (non-hydrogen) atoms. The highest BCUT2D eigenvalue weighted by Crippen LogP contribution is 2.22. The molecule has 1 aromatic carbocycles. The lowest BCUT2D eigenvalue weighted by Gasteiger charge is -2.10. The zero-order chi connectivity index (χ0) is 15.0. The van der Waals surface area contributed by atoms with Crippen LogP contribution in [0.15, 0.2) is 24.3 Å². The number of imide groups is 1. The van der Waals surface area contributed by atoms with E-state index in [0.29, 0.717) is 11.4 Å². The van der Waals surface area contributed by atoms with E-state index in [4.69, 9.17) is 9.84 Å². The fourth-order valence-corrected chi connectivity index (χ4v) is 1.49. The topological polar surface area (TPSA) is 105 Å². The van der Waals surface area contributed by atoms with Gasteiger partial charge in [-0.15, -0.1) is 0 Å². The van der Waals surface area contributed by atoms with Gasteiger partial charge >= 0.3 is 12.0 Å². The summed E-state index contributed by atoms with van der Waals surface area (Å²) in [6, 6.07) is 6.08. The Hall–Kier alpha value is -2.57. The molecule has 1 rings (SSSR count). The number of hydrogen-bond donors (Lipinski definition) is 3. The van der Waals surface area contributed by atoms with Crippen molar-refractivity contribution in [1.29, 1.82) is 0 Å². The average Bonchev–Trinajstić information content (AvgIpc) is 2.38. The maximum absolute atomic E-state index is 11.6. The molecule has 7 heteroatoms. The summed E-state index contributed by atoms with van der Waals surface area (Å²) < 4.78 is 5.05. The van der Waals surface area contributed by atoms with E-state index in [2.05, 4.69) is 10.6 Å². The standard InChI is InChI=1S/C13H16N2O5/c1-20-10-6-3-2-5-9(10)14-13(19)15-11(16)7-4-8-12(17)18/h2-3,5-6H,4,7-8H2,1H3,(H,17,18)(H2,14,15,16,19). The number of amides is 3. The predicted molar refractivity (Wildman–Crippen MR) is 71.6 cm³/mol. The third kappa shape index (κ3) is 5.38. The summed E-state index contributed by atoms with van der Waals surface area (Å²) in [5, 5.41) is 13.0. The molecule has 3 amide bonds. The number of carbonyl (C=O) groups is 3. The van der Waals surface area contributed by atoms with Gasteiger partial charge in [0.05, 0.1) is 12.8 Å². The maximum Gasteiger partial charge on any atom is 0.325 e. The Balaban J connectivity index is 2.43. The molecule has 0 aromatic heterocycles. The third-order valence-electron chi connectivity index (χ3n) is 2.40. The first-order valence-corrected chi connectivity index (χ1v) is 5.98. The van der Waals surface area contributed by atoms with Gasteiger partial charge in [-0.3, -0.25) is 14.9 Å². The fourth-order valence-electron chi connectivity index (χ4n) is 1.49. The minimum absolute atomic E-state index is 0.0222. The highest BCUT2D eigenvalue weighted by Gasteiger charge is 2.10. The summed E-state index contributed by atoms with van der Waals surface area (Å²) in [5.74, 6) is -1.03. The van der Waals surface area contributed by atoms with Crippen LogP contribution in [0.25, 0.3) is 0 Å². The fraction of sp³-hybridized carbons (Fsp3) is 0.308. The Morgan fingerprint density at radius 3 is 2.55 bits per heavy atom. The van der Waals surface area contributed by atoms with Crippen molar-refractivity contribution in [2.45, 2.75) is 19.3 Å². The van der Waals surface area contributed by atoms with E-state index in [0.717, 1.165) is 0 Å². The molecule has 0 bridgehead atoms. The molecule has 0 aliphatic carbocycles. The predicted octanol–water partition coefficient (Wildman–Crippen LogP) is 1.60. The third-order valence-corrected chi connectivity index (χ3v) is 2.40. The van der Waals surface area contributed by atoms with Gasteiger partial charge in [-0.2, -0.15) is 0 Å². The second kappa shape index (κ2) is 7.78. The normalized spacial score (nSPS) is 9.65. The first-order valence-electron chi connectivity index (χ1n) is 5.98. The van der Waals surface area contributed by atoms with Crippen LogP contribution in [0.4, 0.5) is 10.5 Å². The van der Waals surface area contributed by atoms with Crippen molar-refractivity contribution in [3.63, 3.8) is 0 Å². The van der Waals surface area contributed by atoms with E-state index in [1.807, 2.05) is 0 Å². The SMILES string of the molecule is COc1ccccc1NC(=O)NC(=O)CCCC(=O)O. The van der Waals surface area contributed by atoms with Gasteiger partial charge in [0, 0.05) is 12.8 Å². The lowest BCUT2D eigenvalue weighted by molar-refractivity contribution is -0.137. The second-order valence-electron chi connectivity index (χ2n) is 3.95. The van der Waals surface area contributed by atoms with Gasteiger partial charge in [-0.1, -0.05) is 12.1 Å². The van der Waals surface area contributed by atoms with Crippen LogP contribution in [0.3, 0.4) is 0 Å². The minimum atomic E-state index is -0.976. The van der Waals surface area contributed by atoms with E-state index < -0.39 is 17.9 Å². The van der Waals surface area contributed by atoms with Crippen LogP contribution in [0, 0.1) is 0 Å². The Morgan fingerprint density at radius 2 is 1.90 bits per heavy atom. The molecular weight excluding hydrogens is 264 g/mol. The number of benzene rings is 1. The molecule has 0 radical (unpaired) electrons. The molecule has 108 valence electrons. The molecule has 0 atom stereocenters. The largest absolute Gasteiger partial charge is 0.495 e. The quantitative estimate of drug-likeness (QED) is 0.734. The lowest BCUT2D eigenvalue weighted by Crippen LogP contribution is -2.34. The summed E-state index contributed by atoms with van der Waals surface area (Å²) in [6.45, 7) is 0. The molecule has 0 aliphatic rings. The van der Waals surface area contributed by atoms with Gasteiger partial charge in [-0.25, -0.2) is 4.79 Å². The molecular formula is C13H16N2O5. The van der Waals surface area contributed by atoms with Gasteiger partial charge in [0.2, 0.25) is 5.91 Å². The molecule has 0 unspecified atom stereocenters. The number of carboxylic acid groups (broad SMARTS) is 1. The smallest absolute Gasteiger partial charge is 0.325 e. The van der Waals surface area contributed by atoms with E-state index in [-0.39, 0.29) is 19.3 Å². The first kappa shape index (κ1) is 15.5. The summed E-state index contributed by atoms with van der Waals surface area (Å²) in [4.78, 5) is 33.2. The monoisotopic (exact) mass is 280 g/mol. The number of nitrogens with one attached hydrogen (secondary N) is 2. The Morgan fingerprint density at radius 1 is 1.20 bits per heavy atom. The summed E-state index contributed by atoms with van der Waals surface area (Å²) >= 11 is 0. The zero-order valence-corrected chi connectivity index (χ0v) is 11.0. The van der Waals surface area contributed by atoms with Gasteiger partial charge in [0.15, 0.2) is 0 Å². The van der Waals surface area contributed by atoms with Crippen molar-refractivity contribution in [3.05, 3.63) is 24.3 Å². The van der Waals surface area contributed by atoms with Crippen molar-refractivity contribution >= 4 is 23.6 Å². The van der Waals surface area contributed by atoms with E-state index >= 15 is 0 Å². The first-order chi connectivity index (χ1) is 9.52. The van der Waals surface area contributed by atoms with Crippen molar-refractivity contribution in [1.82, 2.24) is 5.32 Å². The number of ether oxygens (including phenoxy) is 1. The molecule has 0 saturated heterocycles. The molecule has 1 aromatic rings. The second-order valence-corrected chi connectivity index (χ2v) is 3.95. The van der Waals surface area contributed by atoms with E-state index in [1.54, 1.807) is 24.3 Å². The summed E-state index contributed by atoms with van der Waals surface area (Å²) in [6.07, 6.45) is 0.0519. The van der Waals surface area contributed by atoms with Gasteiger partial charge in [0.1, 0.15) is 5.75 Å². The number of carboxylic acids is 1. The van der Waals surface area contributed by atoms with Gasteiger partial charge in [0.25, 0.3) is 0 Å². The number of rotatable bonds is 6. The van der Waals surface area contributed by atoms with Crippen molar-refractivity contribution < 1.29 is 24.2 Å². The summed E-state index contributed by atoms with van der Waals surface area (Å²) in [5.41, 5.74) is 0.436. The van der Waals surface area contributed by atoms with Crippen LogP contribution < -0.4 is 15.4 Å². The molecule has 0 saturated carbocycles. The number of methoxy groups -OCH3 is 1. The molecule has 3 N–H and O–H groups in total. The van der Waals surface area contributed by atoms with Crippen molar-refractivity contribution in [3.8, 4) is 5.75 Å². The van der Waals surface area contributed by atoms with Crippen molar-refractivity contribution in [2.75, 3.05) is 12.4 Å². The molecule has 0 spiro atoms. The molecule has 7 nitrogen and oxygen atoms in total. The van der Waals surface area contributed by atoms with Crippen LogP contribution in [0.2, 0.25) is 0 Å². The highest BCUT2D eigenvalue weighted by atomic mass is 16.5. The Kier molecular flexibility index (Phi) is 6.02. The molecule has 0 heterocycles. The number of carbonyl (C=O) groups excluding carboxylic acids is 2.